The second-order valence-electron chi connectivity index (χ2n) is 8.86. The minimum atomic E-state index is -0.551. The van der Waals surface area contributed by atoms with Crippen LogP contribution in [0.3, 0.4) is 0 Å². The normalized spacial score (nSPS) is 12.1. The second kappa shape index (κ2) is 11.9. The van der Waals surface area contributed by atoms with Crippen molar-refractivity contribution in [1.82, 2.24) is 10.2 Å². The predicted octanol–water partition coefficient (Wildman–Crippen LogP) is 5.59. The fourth-order valence-corrected chi connectivity index (χ4v) is 3.41. The summed E-state index contributed by atoms with van der Waals surface area (Å²) >= 11 is 6.00. The van der Waals surface area contributed by atoms with Crippen LogP contribution in [0.25, 0.3) is 0 Å². The molecule has 2 amide bonds. The molecule has 2 aromatic carbocycles. The van der Waals surface area contributed by atoms with Crippen LogP contribution < -0.4 is 5.32 Å². The minimum absolute atomic E-state index is 0.0323. The summed E-state index contributed by atoms with van der Waals surface area (Å²) in [6.07, 6.45) is 1.01. The molecule has 0 aliphatic carbocycles. The van der Waals surface area contributed by atoms with Crippen LogP contribution in [0.1, 0.15) is 63.6 Å². The lowest BCUT2D eigenvalue weighted by molar-refractivity contribution is -0.140. The van der Waals surface area contributed by atoms with E-state index in [1.807, 2.05) is 26.0 Å². The molecular weight excluding hydrogens is 408 g/mol. The molecule has 168 valence electrons. The molecule has 1 N–H and O–H groups in total. The van der Waals surface area contributed by atoms with Gasteiger partial charge in [0, 0.05) is 24.5 Å². The molecule has 0 saturated heterocycles. The molecule has 31 heavy (non-hydrogen) atoms. The fourth-order valence-electron chi connectivity index (χ4n) is 3.29. The van der Waals surface area contributed by atoms with E-state index in [1.165, 1.54) is 5.56 Å². The first-order chi connectivity index (χ1) is 14.7. The van der Waals surface area contributed by atoms with E-state index in [4.69, 9.17) is 11.6 Å². The first-order valence-electron chi connectivity index (χ1n) is 11.1. The van der Waals surface area contributed by atoms with Gasteiger partial charge in [0.2, 0.25) is 11.8 Å². The van der Waals surface area contributed by atoms with E-state index in [2.05, 4.69) is 43.4 Å². The van der Waals surface area contributed by atoms with Crippen LogP contribution in [-0.4, -0.2) is 29.3 Å². The highest BCUT2D eigenvalue weighted by Crippen LogP contribution is 2.18. The van der Waals surface area contributed by atoms with Gasteiger partial charge in [0.05, 0.1) is 0 Å². The van der Waals surface area contributed by atoms with Gasteiger partial charge in [0.1, 0.15) is 6.04 Å². The molecule has 0 spiro atoms. The van der Waals surface area contributed by atoms with Crippen molar-refractivity contribution in [3.8, 4) is 0 Å². The number of rotatable bonds is 10. The molecule has 0 aromatic heterocycles. The predicted molar refractivity (Wildman–Crippen MR) is 128 cm³/mol. The van der Waals surface area contributed by atoms with Crippen LogP contribution in [0.5, 0.6) is 0 Å². The van der Waals surface area contributed by atoms with E-state index >= 15 is 0 Å². The quantitative estimate of drug-likeness (QED) is 0.521. The SMILES string of the molecule is CC(C)CNC(=O)[C@H](C)N(Cc1ccc(Cl)cc1)C(=O)CCc1ccc(C(C)C)cc1. The number of hydrogen-bond donors (Lipinski definition) is 1. The van der Waals surface area contributed by atoms with Gasteiger partial charge in [0.25, 0.3) is 0 Å². The Balaban J connectivity index is 2.10. The van der Waals surface area contributed by atoms with Crippen LogP contribution in [0, 0.1) is 5.92 Å². The Morgan fingerprint density at radius 2 is 1.48 bits per heavy atom. The maximum Gasteiger partial charge on any atom is 0.242 e. The summed E-state index contributed by atoms with van der Waals surface area (Å²) < 4.78 is 0. The van der Waals surface area contributed by atoms with E-state index in [1.54, 1.807) is 24.0 Å². The van der Waals surface area contributed by atoms with Crippen molar-refractivity contribution in [2.24, 2.45) is 5.92 Å². The highest BCUT2D eigenvalue weighted by atomic mass is 35.5. The topological polar surface area (TPSA) is 49.4 Å². The van der Waals surface area contributed by atoms with Crippen molar-refractivity contribution in [2.45, 2.75) is 66.0 Å². The van der Waals surface area contributed by atoms with E-state index in [0.717, 1.165) is 11.1 Å². The van der Waals surface area contributed by atoms with Crippen LogP contribution in [0.4, 0.5) is 0 Å². The molecule has 2 aromatic rings. The smallest absolute Gasteiger partial charge is 0.242 e. The highest BCUT2D eigenvalue weighted by molar-refractivity contribution is 6.30. The molecule has 0 fully saturated rings. The zero-order valence-corrected chi connectivity index (χ0v) is 20.1. The lowest BCUT2D eigenvalue weighted by Crippen LogP contribution is -2.48. The van der Waals surface area contributed by atoms with Gasteiger partial charge in [0.15, 0.2) is 0 Å². The number of carbonyl (C=O) groups is 2. The molecule has 5 heteroatoms. The molecular formula is C26H35ClN2O2. The maximum atomic E-state index is 13.2. The van der Waals surface area contributed by atoms with Gasteiger partial charge in [-0.25, -0.2) is 0 Å². The molecule has 0 saturated carbocycles. The zero-order chi connectivity index (χ0) is 23.0. The number of aryl methyl sites for hydroxylation is 1. The largest absolute Gasteiger partial charge is 0.354 e. The first-order valence-corrected chi connectivity index (χ1v) is 11.5. The van der Waals surface area contributed by atoms with E-state index in [-0.39, 0.29) is 11.8 Å². The van der Waals surface area contributed by atoms with Crippen molar-refractivity contribution in [1.29, 1.82) is 0 Å². The summed E-state index contributed by atoms with van der Waals surface area (Å²) in [6, 6.07) is 15.3. The number of nitrogens with zero attached hydrogens (tertiary/aromatic N) is 1. The molecule has 0 unspecified atom stereocenters. The average molecular weight is 443 g/mol. The minimum Gasteiger partial charge on any atom is -0.354 e. The van der Waals surface area contributed by atoms with Gasteiger partial charge in [-0.1, -0.05) is 75.7 Å². The summed E-state index contributed by atoms with van der Waals surface area (Å²) in [5.74, 6) is 0.675. The van der Waals surface area contributed by atoms with Gasteiger partial charge < -0.3 is 10.2 Å². The molecule has 2 rings (SSSR count). The Bertz CT molecular complexity index is 845. The standard InChI is InChI=1S/C26H35ClN2O2/c1-18(2)16-28-26(31)20(5)29(17-22-8-13-24(27)14-9-22)25(30)15-10-21-6-11-23(12-7-21)19(3)4/h6-9,11-14,18-20H,10,15-17H2,1-5H3,(H,28,31)/t20-/m0/s1. The summed E-state index contributed by atoms with van der Waals surface area (Å²) in [4.78, 5) is 27.5. The Morgan fingerprint density at radius 3 is 2.03 bits per heavy atom. The van der Waals surface area contributed by atoms with Crippen molar-refractivity contribution in [3.63, 3.8) is 0 Å². The van der Waals surface area contributed by atoms with Crippen molar-refractivity contribution >= 4 is 23.4 Å². The summed E-state index contributed by atoms with van der Waals surface area (Å²) in [6.45, 7) is 11.2. The van der Waals surface area contributed by atoms with Crippen LogP contribution in [0.2, 0.25) is 5.02 Å². The van der Waals surface area contributed by atoms with Crippen molar-refractivity contribution < 1.29 is 9.59 Å². The van der Waals surface area contributed by atoms with Crippen molar-refractivity contribution in [3.05, 3.63) is 70.2 Å². The molecule has 1 atom stereocenters. The van der Waals surface area contributed by atoms with E-state index in [9.17, 15) is 9.59 Å². The maximum absolute atomic E-state index is 13.2. The molecule has 4 nitrogen and oxygen atoms in total. The third-order valence-electron chi connectivity index (χ3n) is 5.39. The fraction of sp³-hybridized carbons (Fsp3) is 0.462. The Kier molecular flexibility index (Phi) is 9.57. The lowest BCUT2D eigenvalue weighted by atomic mass is 10.00. The Labute approximate surface area is 192 Å². The van der Waals surface area contributed by atoms with Crippen LogP contribution >= 0.6 is 11.6 Å². The third-order valence-corrected chi connectivity index (χ3v) is 5.64. The van der Waals surface area contributed by atoms with E-state index in [0.29, 0.717) is 42.8 Å². The highest BCUT2D eigenvalue weighted by Gasteiger charge is 2.26. The lowest BCUT2D eigenvalue weighted by Gasteiger charge is -2.29. The third kappa shape index (κ3) is 8.02. The van der Waals surface area contributed by atoms with Crippen molar-refractivity contribution in [2.75, 3.05) is 6.54 Å². The monoisotopic (exact) mass is 442 g/mol. The number of carbonyl (C=O) groups excluding carboxylic acids is 2. The van der Waals surface area contributed by atoms with Gasteiger partial charge in [-0.15, -0.1) is 0 Å². The summed E-state index contributed by atoms with van der Waals surface area (Å²) in [5.41, 5.74) is 3.36. The van der Waals surface area contributed by atoms with Gasteiger partial charge in [-0.3, -0.25) is 9.59 Å². The van der Waals surface area contributed by atoms with Gasteiger partial charge in [-0.05, 0) is 54.0 Å². The molecule has 0 bridgehead atoms. The second-order valence-corrected chi connectivity index (χ2v) is 9.30. The summed E-state index contributed by atoms with van der Waals surface area (Å²) in [7, 11) is 0. The summed E-state index contributed by atoms with van der Waals surface area (Å²) in [5, 5.41) is 3.60. The molecule has 0 aliphatic rings. The Morgan fingerprint density at radius 1 is 0.903 bits per heavy atom. The number of halogens is 1. The molecule has 0 aliphatic heterocycles. The van der Waals surface area contributed by atoms with Crippen LogP contribution in [0.15, 0.2) is 48.5 Å². The molecule has 0 heterocycles. The number of benzene rings is 2. The number of nitrogens with one attached hydrogen (secondary N) is 1. The van der Waals surface area contributed by atoms with E-state index < -0.39 is 6.04 Å². The molecule has 0 radical (unpaired) electrons. The van der Waals surface area contributed by atoms with Gasteiger partial charge in [-0.2, -0.15) is 0 Å². The number of amides is 2. The van der Waals surface area contributed by atoms with Crippen LogP contribution in [-0.2, 0) is 22.6 Å². The first kappa shape index (κ1) is 24.9. The average Bonchev–Trinajstić information content (AvgIpc) is 2.75. The van der Waals surface area contributed by atoms with Gasteiger partial charge >= 0.3 is 0 Å². The number of hydrogen-bond acceptors (Lipinski definition) is 2. The Hall–Kier alpha value is -2.33. The zero-order valence-electron chi connectivity index (χ0n) is 19.3.